The number of rotatable bonds is 7. The van der Waals surface area contributed by atoms with Gasteiger partial charge < -0.3 is 19.5 Å². The molecule has 29 heavy (non-hydrogen) atoms. The monoisotopic (exact) mass is 413 g/mol. The van der Waals surface area contributed by atoms with Crippen molar-refractivity contribution in [3.05, 3.63) is 23.8 Å². The summed E-state index contributed by atoms with van der Waals surface area (Å²) in [4.78, 5) is 31.4. The summed E-state index contributed by atoms with van der Waals surface area (Å²) in [5.41, 5.74) is -0.101. The van der Waals surface area contributed by atoms with E-state index in [4.69, 9.17) is 14.7 Å². The zero-order chi connectivity index (χ0) is 21.0. The Hall–Kier alpha value is -2.30. The standard InChI is InChI=1S/C19H25F2N3O5/c1-13(26)2-3-15-12-24(19(27)29-15)14-10-16(20)18(17(21)11-14)22-4-5-23(6-8-25)28-9-7-22/h10-11,15,25H,2-9,12H2,1H3/t15-/m0/s1. The van der Waals surface area contributed by atoms with Crippen molar-refractivity contribution < 1.29 is 33.1 Å². The van der Waals surface area contributed by atoms with Crippen molar-refractivity contribution in [2.45, 2.75) is 25.9 Å². The topological polar surface area (TPSA) is 82.5 Å². The van der Waals surface area contributed by atoms with Crippen LogP contribution in [0.15, 0.2) is 12.1 Å². The van der Waals surface area contributed by atoms with E-state index in [1.54, 1.807) is 9.96 Å². The smallest absolute Gasteiger partial charge is 0.414 e. The van der Waals surface area contributed by atoms with Gasteiger partial charge in [0, 0.05) is 44.7 Å². The highest BCUT2D eigenvalue weighted by Gasteiger charge is 2.33. The number of amides is 1. The summed E-state index contributed by atoms with van der Waals surface area (Å²) in [7, 11) is 0. The number of carbonyl (C=O) groups excluding carboxylic acids is 2. The predicted octanol–water partition coefficient (Wildman–Crippen LogP) is 1.71. The normalized spacial score (nSPS) is 20.7. The van der Waals surface area contributed by atoms with Crippen molar-refractivity contribution in [2.75, 3.05) is 55.7 Å². The summed E-state index contributed by atoms with van der Waals surface area (Å²) in [6.07, 6.45) is -0.526. The third-order valence-corrected chi connectivity index (χ3v) is 4.93. The van der Waals surface area contributed by atoms with Crippen LogP contribution in [-0.2, 0) is 14.4 Å². The lowest BCUT2D eigenvalue weighted by molar-refractivity contribution is -0.152. The Balaban J connectivity index is 1.72. The van der Waals surface area contributed by atoms with Crippen molar-refractivity contribution in [1.29, 1.82) is 0 Å². The highest BCUT2D eigenvalue weighted by molar-refractivity contribution is 5.90. The molecule has 2 aliphatic heterocycles. The molecule has 2 saturated heterocycles. The number of hydroxylamine groups is 2. The van der Waals surface area contributed by atoms with Crippen LogP contribution in [0.3, 0.4) is 0 Å². The molecule has 1 atom stereocenters. The van der Waals surface area contributed by atoms with E-state index in [9.17, 15) is 18.4 Å². The summed E-state index contributed by atoms with van der Waals surface area (Å²) in [5, 5.41) is 10.6. The van der Waals surface area contributed by atoms with Gasteiger partial charge in [-0.3, -0.25) is 9.74 Å². The van der Waals surface area contributed by atoms with Gasteiger partial charge in [-0.05, 0) is 13.3 Å². The number of ketones is 1. The summed E-state index contributed by atoms with van der Waals surface area (Å²) in [5.74, 6) is -1.58. The molecule has 0 aliphatic carbocycles. The Morgan fingerprint density at radius 3 is 2.62 bits per heavy atom. The van der Waals surface area contributed by atoms with E-state index in [0.29, 0.717) is 26.1 Å². The second kappa shape index (κ2) is 9.47. The summed E-state index contributed by atoms with van der Waals surface area (Å²) in [6.45, 7) is 3.07. The van der Waals surface area contributed by atoms with Crippen LogP contribution in [0.5, 0.6) is 0 Å². The number of β-amino-alcohol motifs (C(OH)–C–C–N with tert-alkyl or cyclic N) is 1. The number of carbonyl (C=O) groups is 2. The molecule has 0 radical (unpaired) electrons. The van der Waals surface area contributed by atoms with Crippen molar-refractivity contribution in [3.8, 4) is 0 Å². The lowest BCUT2D eigenvalue weighted by Gasteiger charge is -2.24. The minimum atomic E-state index is -0.782. The highest BCUT2D eigenvalue weighted by atomic mass is 19.1. The highest BCUT2D eigenvalue weighted by Crippen LogP contribution is 2.31. The van der Waals surface area contributed by atoms with Gasteiger partial charge in [0.1, 0.15) is 17.6 Å². The minimum absolute atomic E-state index is 0.0140. The fourth-order valence-corrected chi connectivity index (χ4v) is 3.46. The number of hydrogen-bond acceptors (Lipinski definition) is 7. The van der Waals surface area contributed by atoms with Gasteiger partial charge >= 0.3 is 6.09 Å². The lowest BCUT2D eigenvalue weighted by atomic mass is 10.1. The molecule has 10 heteroatoms. The van der Waals surface area contributed by atoms with Crippen molar-refractivity contribution >= 4 is 23.3 Å². The Morgan fingerprint density at radius 1 is 1.24 bits per heavy atom. The minimum Gasteiger partial charge on any atom is -0.444 e. The van der Waals surface area contributed by atoms with E-state index in [-0.39, 0.29) is 49.9 Å². The van der Waals surface area contributed by atoms with E-state index < -0.39 is 23.8 Å². The molecule has 0 bridgehead atoms. The SMILES string of the molecule is CC(=O)CC[C@H]1CN(c2cc(F)c(N3CCON(CCO)CC3)c(F)c2)C(=O)O1. The Morgan fingerprint density at radius 2 is 1.97 bits per heavy atom. The van der Waals surface area contributed by atoms with Crippen molar-refractivity contribution in [1.82, 2.24) is 5.06 Å². The van der Waals surface area contributed by atoms with E-state index in [1.807, 2.05) is 0 Å². The summed E-state index contributed by atoms with van der Waals surface area (Å²) in [6, 6.07) is 2.23. The molecule has 1 aromatic carbocycles. The maximum absolute atomic E-state index is 14.8. The molecular formula is C19H25F2N3O5. The second-order valence-electron chi connectivity index (χ2n) is 7.09. The van der Waals surface area contributed by atoms with E-state index in [1.165, 1.54) is 11.8 Å². The molecule has 0 spiro atoms. The third kappa shape index (κ3) is 5.20. The molecule has 2 fully saturated rings. The molecule has 0 aromatic heterocycles. The molecule has 0 saturated carbocycles. The summed E-state index contributed by atoms with van der Waals surface area (Å²) >= 11 is 0. The van der Waals surface area contributed by atoms with E-state index in [2.05, 4.69) is 0 Å². The zero-order valence-electron chi connectivity index (χ0n) is 16.3. The number of cyclic esters (lactones) is 1. The van der Waals surface area contributed by atoms with Gasteiger partial charge in [-0.2, -0.15) is 5.06 Å². The van der Waals surface area contributed by atoms with Crippen LogP contribution in [0.25, 0.3) is 0 Å². The van der Waals surface area contributed by atoms with Gasteiger partial charge in [-0.25, -0.2) is 13.6 Å². The molecule has 160 valence electrons. The number of Topliss-reactive ketones (excluding diaryl/α,β-unsaturated/α-hetero) is 1. The zero-order valence-corrected chi connectivity index (χ0v) is 16.3. The largest absolute Gasteiger partial charge is 0.444 e. The van der Waals surface area contributed by atoms with Crippen LogP contribution < -0.4 is 9.80 Å². The predicted molar refractivity (Wildman–Crippen MR) is 101 cm³/mol. The molecule has 1 N–H and O–H groups in total. The fraction of sp³-hybridized carbons (Fsp3) is 0.579. The number of hydrogen-bond donors (Lipinski definition) is 1. The Kier molecular flexibility index (Phi) is 6.99. The number of anilines is 2. The Bertz CT molecular complexity index is 740. The second-order valence-corrected chi connectivity index (χ2v) is 7.09. The van der Waals surface area contributed by atoms with Gasteiger partial charge in [-0.1, -0.05) is 0 Å². The molecule has 1 amide bonds. The molecule has 3 rings (SSSR count). The maximum Gasteiger partial charge on any atom is 0.414 e. The van der Waals surface area contributed by atoms with Gasteiger partial charge in [0.2, 0.25) is 0 Å². The van der Waals surface area contributed by atoms with Gasteiger partial charge in [0.05, 0.1) is 25.4 Å². The number of nitrogens with zero attached hydrogens (tertiary/aromatic N) is 3. The number of aliphatic hydroxyl groups excluding tert-OH is 1. The van der Waals surface area contributed by atoms with E-state index in [0.717, 1.165) is 12.1 Å². The number of ether oxygens (including phenoxy) is 1. The number of halogens is 2. The van der Waals surface area contributed by atoms with Crippen LogP contribution in [-0.4, -0.2) is 74.1 Å². The van der Waals surface area contributed by atoms with Gasteiger partial charge in [-0.15, -0.1) is 0 Å². The van der Waals surface area contributed by atoms with Crippen LogP contribution in [0.4, 0.5) is 25.0 Å². The molecule has 2 aliphatic rings. The summed E-state index contributed by atoms with van der Waals surface area (Å²) < 4.78 is 34.8. The quantitative estimate of drug-likeness (QED) is 0.729. The van der Waals surface area contributed by atoms with Crippen LogP contribution in [0.2, 0.25) is 0 Å². The van der Waals surface area contributed by atoms with Gasteiger partial charge in [0.25, 0.3) is 0 Å². The average molecular weight is 413 g/mol. The first-order chi connectivity index (χ1) is 13.9. The van der Waals surface area contributed by atoms with E-state index >= 15 is 0 Å². The number of aliphatic hydroxyl groups is 1. The van der Waals surface area contributed by atoms with Crippen molar-refractivity contribution in [3.63, 3.8) is 0 Å². The van der Waals surface area contributed by atoms with Crippen LogP contribution >= 0.6 is 0 Å². The third-order valence-electron chi connectivity index (χ3n) is 4.93. The fourth-order valence-electron chi connectivity index (χ4n) is 3.46. The average Bonchev–Trinajstić information content (AvgIpc) is 2.88. The maximum atomic E-state index is 14.8. The first-order valence-electron chi connectivity index (χ1n) is 9.59. The molecule has 8 nitrogen and oxygen atoms in total. The molecular weight excluding hydrogens is 388 g/mol. The van der Waals surface area contributed by atoms with Gasteiger partial charge in [0.15, 0.2) is 11.6 Å². The first kappa shape index (κ1) is 21.4. The molecule has 1 aromatic rings. The molecule has 0 unspecified atom stereocenters. The van der Waals surface area contributed by atoms with Crippen LogP contribution in [0, 0.1) is 11.6 Å². The Labute approximate surface area is 167 Å². The molecule has 2 heterocycles. The lowest BCUT2D eigenvalue weighted by Crippen LogP contribution is -2.33. The van der Waals surface area contributed by atoms with Crippen molar-refractivity contribution in [2.24, 2.45) is 0 Å². The van der Waals surface area contributed by atoms with Crippen LogP contribution in [0.1, 0.15) is 19.8 Å². The first-order valence-corrected chi connectivity index (χ1v) is 9.59. The number of benzene rings is 1.